The van der Waals surface area contributed by atoms with Crippen LogP contribution in [0, 0.1) is 0 Å². The van der Waals surface area contributed by atoms with E-state index in [0.29, 0.717) is 26.2 Å². The van der Waals surface area contributed by atoms with Crippen molar-refractivity contribution in [1.82, 2.24) is 8.61 Å². The fourth-order valence-electron chi connectivity index (χ4n) is 2.73. The van der Waals surface area contributed by atoms with E-state index in [-0.39, 0.29) is 6.04 Å². The van der Waals surface area contributed by atoms with Crippen LogP contribution in [0.1, 0.15) is 38.5 Å². The van der Waals surface area contributed by atoms with Crippen molar-refractivity contribution in [3.05, 3.63) is 10.4 Å². The van der Waals surface area contributed by atoms with Crippen molar-refractivity contribution < 1.29 is 8.42 Å². The van der Waals surface area contributed by atoms with Gasteiger partial charge in [-0.25, -0.2) is 0 Å². The van der Waals surface area contributed by atoms with Gasteiger partial charge in [-0.3, -0.25) is 0 Å². The molecule has 19 heavy (non-hydrogen) atoms. The Morgan fingerprint density at radius 2 is 1.63 bits per heavy atom. The number of hydrogen-bond acceptors (Lipinski definition) is 3. The van der Waals surface area contributed by atoms with Crippen molar-refractivity contribution in [2.45, 2.75) is 44.6 Å². The Hall–Kier alpha value is -0.820. The average molecular weight is 287 g/mol. The van der Waals surface area contributed by atoms with Crippen LogP contribution in [-0.4, -0.2) is 49.2 Å². The van der Waals surface area contributed by atoms with E-state index in [0.717, 1.165) is 38.5 Å². The minimum Gasteiger partial charge on any atom is -0.195 e. The predicted molar refractivity (Wildman–Crippen MR) is 72.7 cm³/mol. The summed E-state index contributed by atoms with van der Waals surface area (Å²) < 4.78 is 28.2. The van der Waals surface area contributed by atoms with E-state index < -0.39 is 10.2 Å². The van der Waals surface area contributed by atoms with E-state index in [9.17, 15) is 8.42 Å². The first-order valence-corrected chi connectivity index (χ1v) is 8.34. The van der Waals surface area contributed by atoms with Crippen molar-refractivity contribution in [3.8, 4) is 0 Å². The Morgan fingerprint density at radius 3 is 2.26 bits per heavy atom. The fourth-order valence-corrected chi connectivity index (χ4v) is 4.50. The highest BCUT2D eigenvalue weighted by atomic mass is 32.2. The minimum atomic E-state index is -3.38. The first-order chi connectivity index (χ1) is 9.14. The molecule has 0 N–H and O–H groups in total. The van der Waals surface area contributed by atoms with E-state index in [4.69, 9.17) is 5.53 Å². The van der Waals surface area contributed by atoms with Gasteiger partial charge in [0.05, 0.1) is 6.04 Å². The molecule has 0 aliphatic carbocycles. The highest BCUT2D eigenvalue weighted by molar-refractivity contribution is 7.86. The van der Waals surface area contributed by atoms with Gasteiger partial charge in [0.1, 0.15) is 0 Å². The standard InChI is InChI=1S/C11H21N5O2S/c12-14-13-11-6-5-9-16(10-11)19(17,18)15-7-3-1-2-4-8-15/h11H,1-10H2. The van der Waals surface area contributed by atoms with Crippen LogP contribution in [-0.2, 0) is 10.2 Å². The summed E-state index contributed by atoms with van der Waals surface area (Å²) in [6.07, 6.45) is 5.62. The van der Waals surface area contributed by atoms with Crippen LogP contribution in [0.4, 0.5) is 0 Å². The van der Waals surface area contributed by atoms with E-state index in [1.807, 2.05) is 0 Å². The van der Waals surface area contributed by atoms with Crippen molar-refractivity contribution in [2.75, 3.05) is 26.2 Å². The van der Waals surface area contributed by atoms with Crippen LogP contribution < -0.4 is 0 Å². The third-order valence-corrected chi connectivity index (χ3v) is 5.79. The summed E-state index contributed by atoms with van der Waals surface area (Å²) in [6, 6.07) is -0.222. The maximum Gasteiger partial charge on any atom is 0.281 e. The van der Waals surface area contributed by atoms with Crippen molar-refractivity contribution in [1.29, 1.82) is 0 Å². The minimum absolute atomic E-state index is 0.222. The molecule has 2 saturated heterocycles. The monoisotopic (exact) mass is 287 g/mol. The molecule has 2 rings (SSSR count). The maximum atomic E-state index is 12.6. The summed E-state index contributed by atoms with van der Waals surface area (Å²) in [6.45, 7) is 2.09. The molecular weight excluding hydrogens is 266 g/mol. The van der Waals surface area contributed by atoms with Gasteiger partial charge < -0.3 is 0 Å². The Kier molecular flexibility index (Phi) is 5.04. The van der Waals surface area contributed by atoms with Gasteiger partial charge in [-0.1, -0.05) is 18.0 Å². The Bertz CT molecular complexity index is 438. The van der Waals surface area contributed by atoms with Gasteiger partial charge in [0.25, 0.3) is 10.2 Å². The molecule has 0 saturated carbocycles. The molecule has 2 aliphatic heterocycles. The molecule has 0 spiro atoms. The lowest BCUT2D eigenvalue weighted by Crippen LogP contribution is -2.49. The quantitative estimate of drug-likeness (QED) is 0.450. The van der Waals surface area contributed by atoms with E-state index >= 15 is 0 Å². The van der Waals surface area contributed by atoms with Gasteiger partial charge in [0, 0.05) is 31.1 Å². The Morgan fingerprint density at radius 1 is 1.00 bits per heavy atom. The van der Waals surface area contributed by atoms with Gasteiger partial charge in [-0.15, -0.1) is 0 Å². The van der Waals surface area contributed by atoms with Crippen LogP contribution in [0.5, 0.6) is 0 Å². The summed E-state index contributed by atoms with van der Waals surface area (Å²) in [5.74, 6) is 0. The fraction of sp³-hybridized carbons (Fsp3) is 1.00. The normalized spacial score (nSPS) is 27.5. The van der Waals surface area contributed by atoms with Crippen LogP contribution in [0.3, 0.4) is 0 Å². The second-order valence-electron chi connectivity index (χ2n) is 5.18. The molecule has 7 nitrogen and oxygen atoms in total. The van der Waals surface area contributed by atoms with Gasteiger partial charge >= 0.3 is 0 Å². The number of azide groups is 1. The van der Waals surface area contributed by atoms with E-state index in [2.05, 4.69) is 10.0 Å². The topological polar surface area (TPSA) is 89.4 Å². The van der Waals surface area contributed by atoms with Gasteiger partial charge in [-0.05, 0) is 31.2 Å². The molecule has 0 aromatic carbocycles. The smallest absolute Gasteiger partial charge is 0.195 e. The lowest BCUT2D eigenvalue weighted by molar-refractivity contribution is 0.285. The van der Waals surface area contributed by atoms with Gasteiger partial charge in [-0.2, -0.15) is 17.0 Å². The molecule has 0 aromatic heterocycles. The molecule has 2 heterocycles. The third kappa shape index (κ3) is 3.60. The SMILES string of the molecule is [N-]=[N+]=NC1CCCN(S(=O)(=O)N2CCCCCC2)C1. The van der Waals surface area contributed by atoms with Crippen LogP contribution >= 0.6 is 0 Å². The zero-order valence-corrected chi connectivity index (χ0v) is 11.9. The first-order valence-electron chi connectivity index (χ1n) is 6.94. The summed E-state index contributed by atoms with van der Waals surface area (Å²) in [4.78, 5) is 2.79. The van der Waals surface area contributed by atoms with Gasteiger partial charge in [0.15, 0.2) is 0 Å². The molecule has 0 amide bonds. The van der Waals surface area contributed by atoms with Crippen LogP contribution in [0.25, 0.3) is 10.4 Å². The largest absolute Gasteiger partial charge is 0.281 e. The number of hydrogen-bond donors (Lipinski definition) is 0. The Labute approximate surface area is 114 Å². The van der Waals surface area contributed by atoms with Crippen LogP contribution in [0.2, 0.25) is 0 Å². The van der Waals surface area contributed by atoms with E-state index in [1.54, 1.807) is 4.31 Å². The summed E-state index contributed by atoms with van der Waals surface area (Å²) >= 11 is 0. The van der Waals surface area contributed by atoms with Crippen molar-refractivity contribution >= 4 is 10.2 Å². The lowest BCUT2D eigenvalue weighted by Gasteiger charge is -2.33. The van der Waals surface area contributed by atoms with Crippen LogP contribution in [0.15, 0.2) is 5.11 Å². The predicted octanol–water partition coefficient (Wildman–Crippen LogP) is 1.88. The van der Waals surface area contributed by atoms with Crippen molar-refractivity contribution in [2.24, 2.45) is 5.11 Å². The summed E-state index contributed by atoms with van der Waals surface area (Å²) in [5.41, 5.74) is 8.47. The maximum absolute atomic E-state index is 12.6. The zero-order chi connectivity index (χ0) is 13.7. The molecule has 8 heteroatoms. The molecule has 108 valence electrons. The second kappa shape index (κ2) is 6.56. The summed E-state index contributed by atoms with van der Waals surface area (Å²) in [7, 11) is -3.38. The molecular formula is C11H21N5O2S. The molecule has 0 aromatic rings. The zero-order valence-electron chi connectivity index (χ0n) is 11.1. The van der Waals surface area contributed by atoms with Gasteiger partial charge in [0.2, 0.25) is 0 Å². The highest BCUT2D eigenvalue weighted by Gasteiger charge is 2.33. The number of piperidine rings is 1. The molecule has 0 radical (unpaired) electrons. The number of rotatable bonds is 3. The number of nitrogens with zero attached hydrogens (tertiary/aromatic N) is 5. The molecule has 2 aliphatic rings. The lowest BCUT2D eigenvalue weighted by atomic mass is 10.1. The molecule has 0 bridgehead atoms. The Balaban J connectivity index is 2.07. The highest BCUT2D eigenvalue weighted by Crippen LogP contribution is 2.21. The first kappa shape index (κ1) is 14.6. The second-order valence-corrected chi connectivity index (χ2v) is 7.11. The summed E-state index contributed by atoms with van der Waals surface area (Å²) in [5, 5.41) is 3.67. The average Bonchev–Trinajstić information content (AvgIpc) is 2.69. The molecule has 1 unspecified atom stereocenters. The molecule has 1 atom stereocenters. The third-order valence-electron chi connectivity index (χ3n) is 3.79. The molecule has 2 fully saturated rings. The van der Waals surface area contributed by atoms with Crippen molar-refractivity contribution in [3.63, 3.8) is 0 Å². The van der Waals surface area contributed by atoms with E-state index in [1.165, 1.54) is 4.31 Å².